The largest absolute Gasteiger partial charge is 0.293 e. The second-order valence-electron chi connectivity index (χ2n) is 7.69. The predicted molar refractivity (Wildman–Crippen MR) is 109 cm³/mol. The highest BCUT2D eigenvalue weighted by Gasteiger charge is 2.23. The van der Waals surface area contributed by atoms with Crippen molar-refractivity contribution in [2.75, 3.05) is 12.3 Å². The van der Waals surface area contributed by atoms with E-state index in [1.54, 1.807) is 6.07 Å². The molecule has 2 aromatic carbocycles. The fourth-order valence-corrected chi connectivity index (χ4v) is 5.22. The van der Waals surface area contributed by atoms with Crippen molar-refractivity contribution < 1.29 is 22.0 Å². The van der Waals surface area contributed by atoms with Crippen LogP contribution >= 0.6 is 0 Å². The molecule has 0 saturated heterocycles. The zero-order valence-corrected chi connectivity index (χ0v) is 17.2. The molecular formula is C22H25F2NO3S. The molecule has 1 fully saturated rings. The second kappa shape index (κ2) is 9.13. The first-order valence-corrected chi connectivity index (χ1v) is 11.5. The number of sulfonamides is 1. The molecule has 156 valence electrons. The highest BCUT2D eigenvalue weighted by Crippen LogP contribution is 2.26. The Kier molecular flexibility index (Phi) is 6.80. The second-order valence-corrected chi connectivity index (χ2v) is 9.55. The van der Waals surface area contributed by atoms with Gasteiger partial charge in [-0.3, -0.25) is 4.79 Å². The summed E-state index contributed by atoms with van der Waals surface area (Å²) in [6.45, 7) is 1.01. The zero-order valence-electron chi connectivity index (χ0n) is 16.4. The van der Waals surface area contributed by atoms with Gasteiger partial charge < -0.3 is 0 Å². The SMILES string of the molecule is Cc1cc(-c2cccc(F)c2)cc(C(=O)CNS(=O)(=O)CC2CCCCC2)c1F. The normalized spacial score (nSPS) is 15.4. The Hall–Kier alpha value is -2.12. The highest BCUT2D eigenvalue weighted by atomic mass is 32.2. The molecule has 0 heterocycles. The molecule has 7 heteroatoms. The molecular weight excluding hydrogens is 396 g/mol. The monoisotopic (exact) mass is 421 g/mol. The molecule has 0 aliphatic heterocycles. The van der Waals surface area contributed by atoms with E-state index in [0.717, 1.165) is 32.1 Å². The number of rotatable bonds is 7. The first-order valence-electron chi connectivity index (χ1n) is 9.82. The molecule has 3 rings (SSSR count). The minimum atomic E-state index is -3.62. The third kappa shape index (κ3) is 5.70. The molecule has 1 aliphatic carbocycles. The summed E-state index contributed by atoms with van der Waals surface area (Å²) in [6, 6.07) is 8.67. The van der Waals surface area contributed by atoms with Crippen LogP contribution in [0.3, 0.4) is 0 Å². The summed E-state index contributed by atoms with van der Waals surface area (Å²) in [5.74, 6) is -1.69. The number of hydrogen-bond donors (Lipinski definition) is 1. The van der Waals surface area contributed by atoms with Crippen LogP contribution < -0.4 is 4.72 Å². The molecule has 1 aliphatic rings. The molecule has 0 bridgehead atoms. The number of nitrogens with one attached hydrogen (secondary N) is 1. The third-order valence-electron chi connectivity index (χ3n) is 5.35. The van der Waals surface area contributed by atoms with Gasteiger partial charge in [-0.05, 0) is 66.6 Å². The number of hydrogen-bond acceptors (Lipinski definition) is 3. The highest BCUT2D eigenvalue weighted by molar-refractivity contribution is 7.89. The summed E-state index contributed by atoms with van der Waals surface area (Å²) in [5.41, 5.74) is 1.04. The quantitative estimate of drug-likeness (QED) is 0.664. The van der Waals surface area contributed by atoms with Crippen molar-refractivity contribution in [3.8, 4) is 11.1 Å². The molecule has 1 N–H and O–H groups in total. The van der Waals surface area contributed by atoms with Gasteiger partial charge in [0.25, 0.3) is 0 Å². The van der Waals surface area contributed by atoms with Gasteiger partial charge in [-0.15, -0.1) is 0 Å². The fraction of sp³-hybridized carbons (Fsp3) is 0.409. The van der Waals surface area contributed by atoms with Gasteiger partial charge in [0.2, 0.25) is 10.0 Å². The molecule has 0 radical (unpaired) electrons. The Labute approximate surface area is 170 Å². The molecule has 29 heavy (non-hydrogen) atoms. The van der Waals surface area contributed by atoms with Crippen LogP contribution in [-0.2, 0) is 10.0 Å². The smallest absolute Gasteiger partial charge is 0.212 e. The zero-order chi connectivity index (χ0) is 21.0. The Morgan fingerprint density at radius 3 is 2.48 bits per heavy atom. The van der Waals surface area contributed by atoms with Gasteiger partial charge in [-0.1, -0.05) is 31.4 Å². The van der Waals surface area contributed by atoms with E-state index in [1.807, 2.05) is 0 Å². The number of carbonyl (C=O) groups is 1. The summed E-state index contributed by atoms with van der Waals surface area (Å²) in [5, 5.41) is 0. The maximum absolute atomic E-state index is 14.5. The summed E-state index contributed by atoms with van der Waals surface area (Å²) < 4.78 is 55.0. The van der Waals surface area contributed by atoms with Crippen molar-refractivity contribution in [3.05, 3.63) is 59.2 Å². The summed E-state index contributed by atoms with van der Waals surface area (Å²) >= 11 is 0. The average molecular weight is 422 g/mol. The fourth-order valence-electron chi connectivity index (χ4n) is 3.80. The Balaban J connectivity index is 1.74. The van der Waals surface area contributed by atoms with Crippen LogP contribution in [-0.4, -0.2) is 26.5 Å². The van der Waals surface area contributed by atoms with Crippen LogP contribution in [0, 0.1) is 24.5 Å². The van der Waals surface area contributed by atoms with Crippen molar-refractivity contribution in [2.24, 2.45) is 5.92 Å². The lowest BCUT2D eigenvalue weighted by Gasteiger charge is -2.21. The van der Waals surface area contributed by atoms with Crippen LogP contribution in [0.15, 0.2) is 36.4 Å². The van der Waals surface area contributed by atoms with E-state index in [-0.39, 0.29) is 22.8 Å². The van der Waals surface area contributed by atoms with E-state index in [9.17, 15) is 22.0 Å². The average Bonchev–Trinajstić information content (AvgIpc) is 2.68. The van der Waals surface area contributed by atoms with E-state index < -0.39 is 34.0 Å². The maximum atomic E-state index is 14.5. The van der Waals surface area contributed by atoms with E-state index in [1.165, 1.54) is 37.3 Å². The summed E-state index contributed by atoms with van der Waals surface area (Å²) in [4.78, 5) is 12.6. The number of ketones is 1. The summed E-state index contributed by atoms with van der Waals surface area (Å²) in [7, 11) is -3.62. The molecule has 0 spiro atoms. The minimum absolute atomic E-state index is 0.00881. The van der Waals surface area contributed by atoms with Crippen molar-refractivity contribution in [3.63, 3.8) is 0 Å². The first kappa shape index (κ1) is 21.6. The van der Waals surface area contributed by atoms with Crippen LogP contribution in [0.5, 0.6) is 0 Å². The minimum Gasteiger partial charge on any atom is -0.293 e. The van der Waals surface area contributed by atoms with Gasteiger partial charge >= 0.3 is 0 Å². The van der Waals surface area contributed by atoms with Crippen LogP contribution in [0.25, 0.3) is 11.1 Å². The van der Waals surface area contributed by atoms with Gasteiger partial charge in [0, 0.05) is 0 Å². The molecule has 2 aromatic rings. The van der Waals surface area contributed by atoms with Gasteiger partial charge in [0.1, 0.15) is 11.6 Å². The van der Waals surface area contributed by atoms with Crippen molar-refractivity contribution >= 4 is 15.8 Å². The van der Waals surface area contributed by atoms with Crippen molar-refractivity contribution in [1.29, 1.82) is 0 Å². The van der Waals surface area contributed by atoms with E-state index >= 15 is 0 Å². The predicted octanol–water partition coefficient (Wildman–Crippen LogP) is 4.62. The van der Waals surface area contributed by atoms with Gasteiger partial charge in [0.15, 0.2) is 5.78 Å². The topological polar surface area (TPSA) is 63.2 Å². The number of Topliss-reactive ketones (excluding diaryl/α,β-unsaturated/α-hetero) is 1. The van der Waals surface area contributed by atoms with E-state index in [2.05, 4.69) is 4.72 Å². The number of aryl methyl sites for hydroxylation is 1. The van der Waals surface area contributed by atoms with Crippen LogP contribution in [0.2, 0.25) is 0 Å². The molecule has 0 amide bonds. The lowest BCUT2D eigenvalue weighted by Crippen LogP contribution is -2.34. The standard InChI is InChI=1S/C22H25F2NO3S/c1-15-10-18(17-8-5-9-19(23)11-17)12-20(22(15)24)21(26)13-25-29(27,28)14-16-6-3-2-4-7-16/h5,8-12,16,25H,2-4,6-7,13-14H2,1H3. The number of halogens is 2. The van der Waals surface area contributed by atoms with Gasteiger partial charge in [-0.25, -0.2) is 21.9 Å². The molecule has 4 nitrogen and oxygen atoms in total. The molecule has 1 saturated carbocycles. The van der Waals surface area contributed by atoms with Gasteiger partial charge in [-0.2, -0.15) is 0 Å². The number of carbonyl (C=O) groups excluding carboxylic acids is 1. The Morgan fingerprint density at radius 1 is 1.07 bits per heavy atom. The first-order chi connectivity index (χ1) is 13.7. The van der Waals surface area contributed by atoms with E-state index in [4.69, 9.17) is 0 Å². The van der Waals surface area contributed by atoms with Crippen LogP contribution in [0.1, 0.15) is 48.0 Å². The Morgan fingerprint density at radius 2 is 1.79 bits per heavy atom. The maximum Gasteiger partial charge on any atom is 0.212 e. The molecule has 0 atom stereocenters. The van der Waals surface area contributed by atoms with E-state index in [0.29, 0.717) is 11.1 Å². The number of benzene rings is 2. The lowest BCUT2D eigenvalue weighted by atomic mass is 9.91. The van der Waals surface area contributed by atoms with Gasteiger partial charge in [0.05, 0.1) is 17.9 Å². The lowest BCUT2D eigenvalue weighted by molar-refractivity contribution is 0.0993. The Bertz CT molecular complexity index is 999. The van der Waals surface area contributed by atoms with Crippen molar-refractivity contribution in [2.45, 2.75) is 39.0 Å². The third-order valence-corrected chi connectivity index (χ3v) is 6.84. The molecule has 0 unspecified atom stereocenters. The molecule has 0 aromatic heterocycles. The summed E-state index contributed by atoms with van der Waals surface area (Å²) in [6.07, 6.45) is 4.92. The van der Waals surface area contributed by atoms with Crippen LogP contribution in [0.4, 0.5) is 8.78 Å². The van der Waals surface area contributed by atoms with Crippen molar-refractivity contribution in [1.82, 2.24) is 4.72 Å².